The van der Waals surface area contributed by atoms with Gasteiger partial charge in [-0.25, -0.2) is 0 Å². The summed E-state index contributed by atoms with van der Waals surface area (Å²) in [5.41, 5.74) is 0. The average molecular weight is 238 g/mol. The molecule has 0 atom stereocenters. The fourth-order valence-electron chi connectivity index (χ4n) is 2.14. The van der Waals surface area contributed by atoms with Gasteiger partial charge in [-0.3, -0.25) is 0 Å². The number of unbranched alkanes of at least 4 members (excludes halogenated alkanes) is 11. The Morgan fingerprint density at radius 2 is 0.824 bits per heavy atom. The highest BCUT2D eigenvalue weighted by molar-refractivity contribution is 4.81. The fraction of sp³-hybridized carbons (Fsp3) is 0.882. The number of hydrogen-bond donors (Lipinski definition) is 0. The molecule has 0 fully saturated rings. The maximum atomic E-state index is 2.40. The topological polar surface area (TPSA) is 0 Å². The van der Waals surface area contributed by atoms with Crippen LogP contribution in [-0.2, 0) is 0 Å². The van der Waals surface area contributed by atoms with Gasteiger partial charge in [0, 0.05) is 0 Å². The van der Waals surface area contributed by atoms with Gasteiger partial charge < -0.3 is 0 Å². The SMILES string of the molecule is CCCCCC=CCCCCCCCCCC. The van der Waals surface area contributed by atoms with Gasteiger partial charge in [0.05, 0.1) is 0 Å². The molecule has 0 amide bonds. The van der Waals surface area contributed by atoms with Gasteiger partial charge in [0.15, 0.2) is 0 Å². The van der Waals surface area contributed by atoms with Crippen molar-refractivity contribution in [1.82, 2.24) is 0 Å². The first-order valence-electron chi connectivity index (χ1n) is 8.06. The number of rotatable bonds is 13. The third-order valence-corrected chi connectivity index (χ3v) is 3.37. The van der Waals surface area contributed by atoms with Gasteiger partial charge in [-0.1, -0.05) is 83.8 Å². The Bertz CT molecular complexity index is 146. The van der Waals surface area contributed by atoms with Gasteiger partial charge in [-0.2, -0.15) is 0 Å². The molecule has 102 valence electrons. The predicted octanol–water partition coefficient (Wildman–Crippen LogP) is 6.65. The Morgan fingerprint density at radius 1 is 0.471 bits per heavy atom. The third-order valence-electron chi connectivity index (χ3n) is 3.37. The third kappa shape index (κ3) is 15.7. The van der Waals surface area contributed by atoms with Gasteiger partial charge in [-0.15, -0.1) is 0 Å². The summed E-state index contributed by atoms with van der Waals surface area (Å²) in [6, 6.07) is 0. The Labute approximate surface area is 110 Å². The van der Waals surface area contributed by atoms with E-state index in [1.807, 2.05) is 0 Å². The summed E-state index contributed by atoms with van der Waals surface area (Å²) in [5.74, 6) is 0. The second-order valence-electron chi connectivity index (χ2n) is 5.23. The molecule has 17 heavy (non-hydrogen) atoms. The molecule has 0 aliphatic rings. The van der Waals surface area contributed by atoms with Crippen molar-refractivity contribution in [2.45, 2.75) is 97.3 Å². The maximum absolute atomic E-state index is 2.40. The molecule has 0 rings (SSSR count). The average Bonchev–Trinajstić information content (AvgIpc) is 2.35. The van der Waals surface area contributed by atoms with Crippen LogP contribution in [0.15, 0.2) is 12.2 Å². The lowest BCUT2D eigenvalue weighted by Crippen LogP contribution is -1.80. The standard InChI is InChI=1S/C17H34/c1-3-5-7-9-11-13-15-17-16-14-12-10-8-6-4-2/h11,13H,3-10,12,14-17H2,1-2H3. The van der Waals surface area contributed by atoms with E-state index in [1.165, 1.54) is 83.5 Å². The van der Waals surface area contributed by atoms with Crippen molar-refractivity contribution in [2.24, 2.45) is 0 Å². The van der Waals surface area contributed by atoms with Crippen LogP contribution < -0.4 is 0 Å². The molecule has 0 heteroatoms. The van der Waals surface area contributed by atoms with Crippen molar-refractivity contribution < 1.29 is 0 Å². The second-order valence-corrected chi connectivity index (χ2v) is 5.23. The van der Waals surface area contributed by atoms with E-state index in [2.05, 4.69) is 26.0 Å². The monoisotopic (exact) mass is 238 g/mol. The van der Waals surface area contributed by atoms with E-state index in [1.54, 1.807) is 0 Å². The zero-order valence-corrected chi connectivity index (χ0v) is 12.3. The molecule has 0 saturated carbocycles. The van der Waals surface area contributed by atoms with Gasteiger partial charge in [0.2, 0.25) is 0 Å². The van der Waals surface area contributed by atoms with Gasteiger partial charge in [-0.05, 0) is 25.7 Å². The first-order chi connectivity index (χ1) is 8.41. The first-order valence-corrected chi connectivity index (χ1v) is 8.06. The molecule has 0 aliphatic carbocycles. The van der Waals surface area contributed by atoms with Crippen LogP contribution in [0.2, 0.25) is 0 Å². The van der Waals surface area contributed by atoms with Crippen LogP contribution in [0.4, 0.5) is 0 Å². The Morgan fingerprint density at radius 3 is 1.35 bits per heavy atom. The molecular formula is C17H34. The Kier molecular flexibility index (Phi) is 15.5. The van der Waals surface area contributed by atoms with Crippen molar-refractivity contribution in [3.8, 4) is 0 Å². The molecule has 0 aromatic carbocycles. The lowest BCUT2D eigenvalue weighted by molar-refractivity contribution is 0.577. The zero-order chi connectivity index (χ0) is 12.6. The van der Waals surface area contributed by atoms with E-state index < -0.39 is 0 Å². The summed E-state index contributed by atoms with van der Waals surface area (Å²) < 4.78 is 0. The Balaban J connectivity index is 2.97. The van der Waals surface area contributed by atoms with Gasteiger partial charge >= 0.3 is 0 Å². The van der Waals surface area contributed by atoms with E-state index in [-0.39, 0.29) is 0 Å². The smallest absolute Gasteiger partial charge is 0.0351 e. The molecule has 0 radical (unpaired) electrons. The van der Waals surface area contributed by atoms with Crippen molar-refractivity contribution in [2.75, 3.05) is 0 Å². The summed E-state index contributed by atoms with van der Waals surface area (Å²) in [7, 11) is 0. The highest BCUT2D eigenvalue weighted by Gasteiger charge is 1.90. The number of allylic oxidation sites excluding steroid dienone is 2. The van der Waals surface area contributed by atoms with E-state index in [9.17, 15) is 0 Å². The quantitative estimate of drug-likeness (QED) is 0.249. The van der Waals surface area contributed by atoms with Crippen LogP contribution in [0.3, 0.4) is 0 Å². The van der Waals surface area contributed by atoms with Crippen LogP contribution in [0, 0.1) is 0 Å². The molecule has 0 aromatic heterocycles. The Hall–Kier alpha value is -0.260. The minimum Gasteiger partial charge on any atom is -0.0885 e. The molecule has 0 spiro atoms. The largest absolute Gasteiger partial charge is 0.0885 e. The van der Waals surface area contributed by atoms with Crippen LogP contribution in [0.25, 0.3) is 0 Å². The molecule has 0 aliphatic heterocycles. The van der Waals surface area contributed by atoms with Crippen molar-refractivity contribution >= 4 is 0 Å². The van der Waals surface area contributed by atoms with Crippen LogP contribution in [-0.4, -0.2) is 0 Å². The minimum atomic E-state index is 1.30. The second kappa shape index (κ2) is 15.7. The van der Waals surface area contributed by atoms with Crippen molar-refractivity contribution in [3.05, 3.63) is 12.2 Å². The van der Waals surface area contributed by atoms with Crippen LogP contribution >= 0.6 is 0 Å². The molecule has 0 saturated heterocycles. The van der Waals surface area contributed by atoms with Gasteiger partial charge in [0.25, 0.3) is 0 Å². The highest BCUT2D eigenvalue weighted by Crippen LogP contribution is 2.10. The maximum Gasteiger partial charge on any atom is -0.0351 e. The zero-order valence-electron chi connectivity index (χ0n) is 12.3. The van der Waals surface area contributed by atoms with E-state index >= 15 is 0 Å². The summed E-state index contributed by atoms with van der Waals surface area (Å²) in [6.07, 6.45) is 22.9. The molecule has 0 N–H and O–H groups in total. The van der Waals surface area contributed by atoms with E-state index in [0.717, 1.165) is 0 Å². The fourth-order valence-corrected chi connectivity index (χ4v) is 2.14. The summed E-state index contributed by atoms with van der Waals surface area (Å²) in [5, 5.41) is 0. The normalized spacial score (nSPS) is 11.4. The summed E-state index contributed by atoms with van der Waals surface area (Å²) in [6.45, 7) is 4.55. The molecule has 0 bridgehead atoms. The molecule has 0 heterocycles. The number of hydrogen-bond acceptors (Lipinski definition) is 0. The van der Waals surface area contributed by atoms with E-state index in [4.69, 9.17) is 0 Å². The van der Waals surface area contributed by atoms with Crippen molar-refractivity contribution in [1.29, 1.82) is 0 Å². The molecular weight excluding hydrogens is 204 g/mol. The molecule has 0 nitrogen and oxygen atoms in total. The lowest BCUT2D eigenvalue weighted by Gasteiger charge is -1.99. The lowest BCUT2D eigenvalue weighted by atomic mass is 10.1. The molecule has 0 aromatic rings. The first kappa shape index (κ1) is 16.7. The van der Waals surface area contributed by atoms with E-state index in [0.29, 0.717) is 0 Å². The van der Waals surface area contributed by atoms with Gasteiger partial charge in [0.1, 0.15) is 0 Å². The minimum absolute atomic E-state index is 1.30. The van der Waals surface area contributed by atoms with Crippen molar-refractivity contribution in [3.63, 3.8) is 0 Å². The summed E-state index contributed by atoms with van der Waals surface area (Å²) >= 11 is 0. The van der Waals surface area contributed by atoms with Crippen LogP contribution in [0.1, 0.15) is 97.3 Å². The highest BCUT2D eigenvalue weighted by atomic mass is 14.0. The molecule has 0 unspecified atom stereocenters. The predicted molar refractivity (Wildman–Crippen MR) is 80.5 cm³/mol. The summed E-state index contributed by atoms with van der Waals surface area (Å²) in [4.78, 5) is 0. The van der Waals surface area contributed by atoms with Crippen LogP contribution in [0.5, 0.6) is 0 Å².